The van der Waals surface area contributed by atoms with Gasteiger partial charge in [0.25, 0.3) is 0 Å². The van der Waals surface area contributed by atoms with E-state index in [4.69, 9.17) is 0 Å². The third-order valence-electron chi connectivity index (χ3n) is 4.28. The Morgan fingerprint density at radius 3 is 2.72 bits per heavy atom. The lowest BCUT2D eigenvalue weighted by atomic mass is 10.0. The molecule has 3 heteroatoms. The number of rotatable bonds is 3. The van der Waals surface area contributed by atoms with Crippen molar-refractivity contribution < 1.29 is 0 Å². The fourth-order valence-electron chi connectivity index (χ4n) is 3.37. The second-order valence-electron chi connectivity index (χ2n) is 5.51. The molecule has 0 aromatic heterocycles. The number of nitrogens with one attached hydrogen (secondary N) is 1. The van der Waals surface area contributed by atoms with Crippen LogP contribution in [0.4, 0.5) is 0 Å². The van der Waals surface area contributed by atoms with Gasteiger partial charge in [0.1, 0.15) is 0 Å². The average molecular weight is 356 g/mol. The summed E-state index contributed by atoms with van der Waals surface area (Å²) in [5.41, 5.74) is 1.46. The second-order valence-corrected chi connectivity index (χ2v) is 6.75. The molecule has 0 spiro atoms. The van der Waals surface area contributed by atoms with Crippen LogP contribution in [0.3, 0.4) is 0 Å². The zero-order valence-electron chi connectivity index (χ0n) is 10.7. The van der Waals surface area contributed by atoms with Crippen LogP contribution in [0.15, 0.2) is 24.3 Å². The van der Waals surface area contributed by atoms with Gasteiger partial charge in [0, 0.05) is 22.2 Å². The first-order valence-corrected chi connectivity index (χ1v) is 8.13. The van der Waals surface area contributed by atoms with E-state index in [1.165, 1.54) is 47.9 Å². The lowest BCUT2D eigenvalue weighted by Gasteiger charge is -2.29. The topological polar surface area (TPSA) is 15.3 Å². The van der Waals surface area contributed by atoms with E-state index in [2.05, 4.69) is 57.1 Å². The first-order chi connectivity index (χ1) is 8.83. The number of halogens is 1. The number of benzene rings is 1. The van der Waals surface area contributed by atoms with Gasteiger partial charge in [-0.1, -0.05) is 12.1 Å². The normalized spacial score (nSPS) is 28.9. The van der Waals surface area contributed by atoms with Gasteiger partial charge in [-0.3, -0.25) is 4.90 Å². The van der Waals surface area contributed by atoms with E-state index in [0.717, 1.165) is 18.6 Å². The van der Waals surface area contributed by atoms with Gasteiger partial charge in [-0.15, -0.1) is 0 Å². The zero-order valence-corrected chi connectivity index (χ0v) is 12.9. The molecule has 2 aliphatic rings. The average Bonchev–Trinajstić information content (AvgIpc) is 3.02. The Labute approximate surface area is 123 Å². The largest absolute Gasteiger partial charge is 0.312 e. The summed E-state index contributed by atoms with van der Waals surface area (Å²) in [5.74, 6) is 0. The summed E-state index contributed by atoms with van der Waals surface area (Å²) < 4.78 is 1.33. The summed E-state index contributed by atoms with van der Waals surface area (Å²) in [5, 5.41) is 3.68. The van der Waals surface area contributed by atoms with Crippen LogP contribution in [-0.2, 0) is 6.54 Å². The Balaban J connectivity index is 1.65. The number of nitrogens with zero attached hydrogens (tertiary/aromatic N) is 1. The van der Waals surface area contributed by atoms with E-state index < -0.39 is 0 Å². The summed E-state index contributed by atoms with van der Waals surface area (Å²) in [6.07, 6.45) is 5.47. The van der Waals surface area contributed by atoms with Gasteiger partial charge >= 0.3 is 0 Å². The maximum Gasteiger partial charge on any atom is 0.0253 e. The van der Waals surface area contributed by atoms with Gasteiger partial charge < -0.3 is 5.32 Å². The van der Waals surface area contributed by atoms with Gasteiger partial charge in [-0.05, 0) is 79.1 Å². The lowest BCUT2D eigenvalue weighted by Crippen LogP contribution is -2.43. The highest BCUT2D eigenvalue weighted by Crippen LogP contribution is 2.26. The van der Waals surface area contributed by atoms with Crippen molar-refractivity contribution in [2.45, 2.75) is 44.3 Å². The molecule has 0 bridgehead atoms. The lowest BCUT2D eigenvalue weighted by molar-refractivity contribution is 0.206. The Morgan fingerprint density at radius 1 is 1.17 bits per heavy atom. The maximum absolute atomic E-state index is 3.68. The Hall–Kier alpha value is -0.130. The SMILES string of the molecule is Ic1ccc(CN2CCCC2C2CCCN2)cc1. The fourth-order valence-corrected chi connectivity index (χ4v) is 3.73. The molecule has 2 aliphatic heterocycles. The smallest absolute Gasteiger partial charge is 0.0253 e. The molecule has 1 aromatic carbocycles. The van der Waals surface area contributed by atoms with Crippen molar-refractivity contribution in [1.82, 2.24) is 10.2 Å². The summed E-state index contributed by atoms with van der Waals surface area (Å²) in [6.45, 7) is 3.62. The van der Waals surface area contributed by atoms with Crippen molar-refractivity contribution in [3.63, 3.8) is 0 Å². The molecule has 0 aliphatic carbocycles. The van der Waals surface area contributed by atoms with Crippen molar-refractivity contribution in [2.75, 3.05) is 13.1 Å². The number of likely N-dealkylation sites (tertiary alicyclic amines) is 1. The summed E-state index contributed by atoms with van der Waals surface area (Å²) in [7, 11) is 0. The molecular weight excluding hydrogens is 335 g/mol. The van der Waals surface area contributed by atoms with Gasteiger partial charge in [0.15, 0.2) is 0 Å². The molecule has 1 N–H and O–H groups in total. The minimum absolute atomic E-state index is 0.747. The van der Waals surface area contributed by atoms with Crippen LogP contribution in [0.1, 0.15) is 31.2 Å². The molecule has 0 saturated carbocycles. The molecule has 18 heavy (non-hydrogen) atoms. The van der Waals surface area contributed by atoms with Crippen LogP contribution in [0.5, 0.6) is 0 Å². The van der Waals surface area contributed by atoms with Crippen molar-refractivity contribution in [2.24, 2.45) is 0 Å². The Bertz CT molecular complexity index is 384. The molecule has 2 atom stereocenters. The quantitative estimate of drug-likeness (QED) is 0.838. The van der Waals surface area contributed by atoms with Crippen molar-refractivity contribution in [3.05, 3.63) is 33.4 Å². The molecule has 2 heterocycles. The van der Waals surface area contributed by atoms with Gasteiger partial charge in [0.05, 0.1) is 0 Å². The van der Waals surface area contributed by atoms with E-state index in [0.29, 0.717) is 0 Å². The number of hydrogen-bond acceptors (Lipinski definition) is 2. The Morgan fingerprint density at radius 2 is 2.00 bits per heavy atom. The van der Waals surface area contributed by atoms with Gasteiger partial charge in [-0.2, -0.15) is 0 Å². The van der Waals surface area contributed by atoms with E-state index in [1.54, 1.807) is 0 Å². The van der Waals surface area contributed by atoms with E-state index in [-0.39, 0.29) is 0 Å². The standard InChI is InChI=1S/C15H21IN2/c16-13-7-5-12(6-8-13)11-18-10-2-4-15(18)14-3-1-9-17-14/h5-8,14-15,17H,1-4,9-11H2. The maximum atomic E-state index is 3.68. The zero-order chi connectivity index (χ0) is 12.4. The van der Waals surface area contributed by atoms with Crippen LogP contribution in [-0.4, -0.2) is 30.1 Å². The molecular formula is C15H21IN2. The summed E-state index contributed by atoms with van der Waals surface area (Å²) >= 11 is 2.37. The molecule has 2 saturated heterocycles. The first kappa shape index (κ1) is 12.9. The molecule has 3 rings (SSSR count). The van der Waals surface area contributed by atoms with Crippen LogP contribution in [0, 0.1) is 3.57 Å². The van der Waals surface area contributed by atoms with E-state index >= 15 is 0 Å². The highest BCUT2D eigenvalue weighted by atomic mass is 127. The molecule has 2 nitrogen and oxygen atoms in total. The first-order valence-electron chi connectivity index (χ1n) is 7.05. The van der Waals surface area contributed by atoms with Crippen LogP contribution >= 0.6 is 22.6 Å². The van der Waals surface area contributed by atoms with Crippen LogP contribution in [0.2, 0.25) is 0 Å². The molecule has 1 aromatic rings. The fraction of sp³-hybridized carbons (Fsp3) is 0.600. The van der Waals surface area contributed by atoms with Crippen molar-refractivity contribution in [1.29, 1.82) is 0 Å². The number of hydrogen-bond donors (Lipinski definition) is 1. The third kappa shape index (κ3) is 2.89. The summed E-state index contributed by atoms with van der Waals surface area (Å²) in [4.78, 5) is 2.69. The van der Waals surface area contributed by atoms with Gasteiger partial charge in [-0.25, -0.2) is 0 Å². The van der Waals surface area contributed by atoms with E-state index in [9.17, 15) is 0 Å². The van der Waals surface area contributed by atoms with Gasteiger partial charge in [0.2, 0.25) is 0 Å². The highest BCUT2D eigenvalue weighted by Gasteiger charge is 2.32. The molecule has 2 fully saturated rings. The minimum Gasteiger partial charge on any atom is -0.312 e. The van der Waals surface area contributed by atoms with Crippen LogP contribution in [0.25, 0.3) is 0 Å². The predicted octanol–water partition coefficient (Wildman–Crippen LogP) is 3.01. The minimum atomic E-state index is 0.747. The highest BCUT2D eigenvalue weighted by molar-refractivity contribution is 14.1. The predicted molar refractivity (Wildman–Crippen MR) is 83.6 cm³/mol. The van der Waals surface area contributed by atoms with Crippen LogP contribution < -0.4 is 5.32 Å². The van der Waals surface area contributed by atoms with E-state index in [1.807, 2.05) is 0 Å². The Kier molecular flexibility index (Phi) is 4.21. The second kappa shape index (κ2) is 5.88. The van der Waals surface area contributed by atoms with Crippen molar-refractivity contribution >= 4 is 22.6 Å². The third-order valence-corrected chi connectivity index (χ3v) is 5.00. The molecule has 98 valence electrons. The molecule has 0 radical (unpaired) electrons. The van der Waals surface area contributed by atoms with Crippen molar-refractivity contribution in [3.8, 4) is 0 Å². The molecule has 2 unspecified atom stereocenters. The monoisotopic (exact) mass is 356 g/mol. The molecule has 0 amide bonds. The summed E-state index contributed by atoms with van der Waals surface area (Å²) in [6, 6.07) is 10.5.